The standard InChI is InChI=1S/C17H26N2S/c1-4-14(5-2)16-12-19-17(20-16)18-11-10-15-9-7-6-8-13(15)3/h6-9,14,16H,4-5,10-12H2,1-3H3,(H,18,19). The Morgan fingerprint density at radius 3 is 2.75 bits per heavy atom. The number of benzene rings is 1. The van der Waals surface area contributed by atoms with Crippen molar-refractivity contribution in [1.29, 1.82) is 0 Å². The summed E-state index contributed by atoms with van der Waals surface area (Å²) in [6.45, 7) is 8.73. The summed E-state index contributed by atoms with van der Waals surface area (Å²) in [5.41, 5.74) is 2.81. The number of aliphatic imine (C=N–C) groups is 1. The van der Waals surface area contributed by atoms with E-state index in [4.69, 9.17) is 0 Å². The molecule has 1 heterocycles. The van der Waals surface area contributed by atoms with E-state index in [1.54, 1.807) is 0 Å². The van der Waals surface area contributed by atoms with Crippen LogP contribution >= 0.6 is 11.8 Å². The van der Waals surface area contributed by atoms with Crippen molar-refractivity contribution >= 4 is 16.9 Å². The van der Waals surface area contributed by atoms with Crippen molar-refractivity contribution in [2.45, 2.75) is 45.3 Å². The molecule has 1 aliphatic heterocycles. The minimum Gasteiger partial charge on any atom is -0.365 e. The van der Waals surface area contributed by atoms with Gasteiger partial charge in [-0.2, -0.15) is 0 Å². The number of hydrogen-bond acceptors (Lipinski definition) is 3. The fourth-order valence-electron chi connectivity index (χ4n) is 2.74. The Balaban J connectivity index is 1.75. The van der Waals surface area contributed by atoms with Crippen LogP contribution in [0.4, 0.5) is 0 Å². The predicted molar refractivity (Wildman–Crippen MR) is 90.6 cm³/mol. The summed E-state index contributed by atoms with van der Waals surface area (Å²) in [6, 6.07) is 8.62. The minimum atomic E-state index is 0.686. The molecule has 0 aliphatic carbocycles. The maximum atomic E-state index is 4.66. The molecule has 0 fully saturated rings. The molecule has 1 unspecified atom stereocenters. The number of thioether (sulfide) groups is 1. The van der Waals surface area contributed by atoms with Gasteiger partial charge in [-0.3, -0.25) is 4.99 Å². The van der Waals surface area contributed by atoms with Crippen LogP contribution in [0.1, 0.15) is 37.8 Å². The summed E-state index contributed by atoms with van der Waals surface area (Å²) in [5, 5.41) is 5.34. The molecule has 0 amide bonds. The minimum absolute atomic E-state index is 0.686. The molecule has 1 aliphatic rings. The first-order valence-electron chi connectivity index (χ1n) is 7.74. The van der Waals surface area contributed by atoms with E-state index in [0.717, 1.165) is 30.6 Å². The summed E-state index contributed by atoms with van der Waals surface area (Å²) >= 11 is 1.95. The zero-order chi connectivity index (χ0) is 14.4. The molecule has 0 saturated heterocycles. The van der Waals surface area contributed by atoms with E-state index in [1.807, 2.05) is 11.8 Å². The van der Waals surface area contributed by atoms with E-state index in [1.165, 1.54) is 24.0 Å². The third-order valence-electron chi connectivity index (χ3n) is 4.18. The first-order chi connectivity index (χ1) is 9.74. The highest BCUT2D eigenvalue weighted by Crippen LogP contribution is 2.30. The van der Waals surface area contributed by atoms with Crippen molar-refractivity contribution in [2.75, 3.05) is 13.1 Å². The molecule has 1 aromatic rings. The first-order valence-corrected chi connectivity index (χ1v) is 8.62. The summed E-state index contributed by atoms with van der Waals surface area (Å²) in [5.74, 6) is 0.805. The number of nitrogens with zero attached hydrogens (tertiary/aromatic N) is 1. The second-order valence-corrected chi connectivity index (χ2v) is 6.71. The Morgan fingerprint density at radius 1 is 1.30 bits per heavy atom. The van der Waals surface area contributed by atoms with Gasteiger partial charge in [0.2, 0.25) is 0 Å². The Morgan fingerprint density at radius 2 is 2.05 bits per heavy atom. The molecule has 0 aromatic heterocycles. The Kier molecular flexibility index (Phi) is 5.96. The lowest BCUT2D eigenvalue weighted by atomic mass is 9.99. The van der Waals surface area contributed by atoms with Gasteiger partial charge in [0.05, 0.1) is 6.54 Å². The van der Waals surface area contributed by atoms with Crippen LogP contribution in [0.3, 0.4) is 0 Å². The maximum Gasteiger partial charge on any atom is 0.156 e. The normalized spacial score (nSPS) is 18.4. The third-order valence-corrected chi connectivity index (χ3v) is 5.52. The third kappa shape index (κ3) is 4.02. The highest BCUT2D eigenvalue weighted by molar-refractivity contribution is 8.14. The van der Waals surface area contributed by atoms with E-state index in [2.05, 4.69) is 55.3 Å². The summed E-state index contributed by atoms with van der Waals surface area (Å²) in [7, 11) is 0. The molecular formula is C17H26N2S. The van der Waals surface area contributed by atoms with Gasteiger partial charge in [0, 0.05) is 11.8 Å². The van der Waals surface area contributed by atoms with E-state index in [-0.39, 0.29) is 0 Å². The van der Waals surface area contributed by atoms with E-state index < -0.39 is 0 Å². The highest BCUT2D eigenvalue weighted by Gasteiger charge is 2.25. The summed E-state index contributed by atoms with van der Waals surface area (Å²) < 4.78 is 0. The fourth-order valence-corrected chi connectivity index (χ4v) is 4.09. The summed E-state index contributed by atoms with van der Waals surface area (Å²) in [4.78, 5) is 4.66. The molecule has 3 heteroatoms. The SMILES string of the molecule is CCC(CC)C1CN=C(NCCc2ccccc2C)S1. The van der Waals surface area contributed by atoms with Crippen molar-refractivity contribution in [3.8, 4) is 0 Å². The molecular weight excluding hydrogens is 264 g/mol. The fraction of sp³-hybridized carbons (Fsp3) is 0.588. The van der Waals surface area contributed by atoms with E-state index >= 15 is 0 Å². The maximum absolute atomic E-state index is 4.66. The van der Waals surface area contributed by atoms with Crippen LogP contribution in [0.15, 0.2) is 29.3 Å². The molecule has 0 bridgehead atoms. The van der Waals surface area contributed by atoms with Gasteiger partial charge >= 0.3 is 0 Å². The smallest absolute Gasteiger partial charge is 0.156 e. The average molecular weight is 290 g/mol. The second-order valence-electron chi connectivity index (χ2n) is 5.48. The second kappa shape index (κ2) is 7.72. The molecule has 0 saturated carbocycles. The van der Waals surface area contributed by atoms with Crippen LogP contribution in [0.2, 0.25) is 0 Å². The highest BCUT2D eigenvalue weighted by atomic mass is 32.2. The lowest BCUT2D eigenvalue weighted by Crippen LogP contribution is -2.23. The van der Waals surface area contributed by atoms with Gasteiger partial charge in [0.1, 0.15) is 0 Å². The molecule has 2 nitrogen and oxygen atoms in total. The predicted octanol–water partition coefficient (Wildman–Crippen LogP) is 4.03. The molecule has 110 valence electrons. The van der Waals surface area contributed by atoms with E-state index in [0.29, 0.717) is 5.25 Å². The molecule has 1 aromatic carbocycles. The lowest BCUT2D eigenvalue weighted by molar-refractivity contribution is 0.479. The summed E-state index contributed by atoms with van der Waals surface area (Å²) in [6.07, 6.45) is 3.60. The van der Waals surface area contributed by atoms with Crippen LogP contribution in [0, 0.1) is 12.8 Å². The number of amidine groups is 1. The molecule has 1 N–H and O–H groups in total. The van der Waals surface area contributed by atoms with Crippen molar-refractivity contribution in [2.24, 2.45) is 10.9 Å². The number of aryl methyl sites for hydroxylation is 1. The zero-order valence-electron chi connectivity index (χ0n) is 12.9. The van der Waals surface area contributed by atoms with Crippen molar-refractivity contribution in [1.82, 2.24) is 5.32 Å². The van der Waals surface area contributed by atoms with Gasteiger partial charge in [0.15, 0.2) is 5.17 Å². The number of rotatable bonds is 6. The van der Waals surface area contributed by atoms with Crippen LogP contribution in [0.5, 0.6) is 0 Å². The van der Waals surface area contributed by atoms with E-state index in [9.17, 15) is 0 Å². The van der Waals surface area contributed by atoms with Crippen molar-refractivity contribution < 1.29 is 0 Å². The largest absolute Gasteiger partial charge is 0.365 e. The quantitative estimate of drug-likeness (QED) is 0.855. The van der Waals surface area contributed by atoms with Gasteiger partial charge in [0.25, 0.3) is 0 Å². The van der Waals surface area contributed by atoms with Crippen molar-refractivity contribution in [3.05, 3.63) is 35.4 Å². The topological polar surface area (TPSA) is 24.4 Å². The van der Waals surface area contributed by atoms with Crippen LogP contribution in [-0.2, 0) is 6.42 Å². The van der Waals surface area contributed by atoms with Crippen LogP contribution in [-0.4, -0.2) is 23.5 Å². The molecule has 0 spiro atoms. The van der Waals surface area contributed by atoms with Crippen LogP contribution < -0.4 is 5.32 Å². The molecule has 1 atom stereocenters. The molecule has 20 heavy (non-hydrogen) atoms. The Hall–Kier alpha value is -0.960. The number of hydrogen-bond donors (Lipinski definition) is 1. The van der Waals surface area contributed by atoms with Gasteiger partial charge < -0.3 is 5.32 Å². The van der Waals surface area contributed by atoms with Crippen molar-refractivity contribution in [3.63, 3.8) is 0 Å². The number of nitrogens with one attached hydrogen (secondary N) is 1. The monoisotopic (exact) mass is 290 g/mol. The van der Waals surface area contributed by atoms with Crippen LogP contribution in [0.25, 0.3) is 0 Å². The average Bonchev–Trinajstić information content (AvgIpc) is 2.91. The Bertz CT molecular complexity index is 452. The Labute approximate surface area is 127 Å². The van der Waals surface area contributed by atoms with Gasteiger partial charge in [-0.15, -0.1) is 0 Å². The van der Waals surface area contributed by atoms with Gasteiger partial charge in [-0.25, -0.2) is 0 Å². The molecule has 0 radical (unpaired) electrons. The lowest BCUT2D eigenvalue weighted by Gasteiger charge is -2.18. The van der Waals surface area contributed by atoms with Gasteiger partial charge in [-0.05, 0) is 30.4 Å². The van der Waals surface area contributed by atoms with Gasteiger partial charge in [-0.1, -0.05) is 62.7 Å². The molecule has 2 rings (SSSR count). The first kappa shape index (κ1) is 15.4. The zero-order valence-corrected chi connectivity index (χ0v) is 13.7.